The van der Waals surface area contributed by atoms with Crippen LogP contribution in [0.15, 0.2) is 18.2 Å². The van der Waals surface area contributed by atoms with Crippen molar-refractivity contribution in [2.24, 2.45) is 17.8 Å². The van der Waals surface area contributed by atoms with Gasteiger partial charge in [0.25, 0.3) is 17.7 Å². The van der Waals surface area contributed by atoms with Gasteiger partial charge in [0.2, 0.25) is 0 Å². The maximum Gasteiger partial charge on any atom is 0.251 e. The van der Waals surface area contributed by atoms with E-state index in [4.69, 9.17) is 0 Å². The zero-order chi connectivity index (χ0) is 29.5. The quantitative estimate of drug-likeness (QED) is 0.179. The van der Waals surface area contributed by atoms with Crippen molar-refractivity contribution < 1.29 is 14.4 Å². The van der Waals surface area contributed by atoms with Crippen molar-refractivity contribution in [2.45, 2.75) is 138 Å². The summed E-state index contributed by atoms with van der Waals surface area (Å²) in [7, 11) is 0. The molecule has 0 fully saturated rings. The van der Waals surface area contributed by atoms with E-state index in [9.17, 15) is 14.4 Å². The van der Waals surface area contributed by atoms with Crippen LogP contribution in [0.25, 0.3) is 0 Å². The van der Waals surface area contributed by atoms with Gasteiger partial charge in [0.1, 0.15) is 0 Å². The topological polar surface area (TPSA) is 87.3 Å². The second-order valence-electron chi connectivity index (χ2n) is 12.9. The molecule has 0 bridgehead atoms. The first-order valence-electron chi connectivity index (χ1n) is 15.4. The molecular weight excluding hydrogens is 486 g/mol. The lowest BCUT2D eigenvalue weighted by molar-refractivity contribution is 0.0936. The Bertz CT molecular complexity index is 768. The van der Waals surface area contributed by atoms with Gasteiger partial charge in [0, 0.05) is 34.8 Å². The van der Waals surface area contributed by atoms with Crippen molar-refractivity contribution in [2.75, 3.05) is 0 Å². The second kappa shape index (κ2) is 18.1. The number of carbonyl (C=O) groups is 3. The molecule has 0 aromatic heterocycles. The van der Waals surface area contributed by atoms with E-state index in [0.29, 0.717) is 34.4 Å². The van der Waals surface area contributed by atoms with Crippen molar-refractivity contribution in [3.63, 3.8) is 0 Å². The van der Waals surface area contributed by atoms with Crippen LogP contribution in [0.2, 0.25) is 0 Å². The van der Waals surface area contributed by atoms with E-state index < -0.39 is 0 Å². The number of nitrogens with one attached hydrogen (secondary N) is 3. The van der Waals surface area contributed by atoms with E-state index >= 15 is 0 Å². The van der Waals surface area contributed by atoms with Gasteiger partial charge >= 0.3 is 0 Å². The highest BCUT2D eigenvalue weighted by molar-refractivity contribution is 6.04. The van der Waals surface area contributed by atoms with Gasteiger partial charge in [0.05, 0.1) is 0 Å². The lowest BCUT2D eigenvalue weighted by Gasteiger charge is -2.18. The fourth-order valence-electron chi connectivity index (χ4n) is 4.66. The molecule has 0 aliphatic rings. The molecule has 0 saturated carbocycles. The molecule has 0 saturated heterocycles. The summed E-state index contributed by atoms with van der Waals surface area (Å²) in [6, 6.07) is 4.84. The predicted octanol–water partition coefficient (Wildman–Crippen LogP) is 7.52. The fourth-order valence-corrected chi connectivity index (χ4v) is 4.66. The van der Waals surface area contributed by atoms with E-state index in [1.807, 2.05) is 20.8 Å². The van der Waals surface area contributed by atoms with Crippen molar-refractivity contribution in [3.8, 4) is 0 Å². The predicted molar refractivity (Wildman–Crippen MR) is 163 cm³/mol. The first-order chi connectivity index (χ1) is 18.3. The van der Waals surface area contributed by atoms with E-state index in [1.54, 1.807) is 18.2 Å². The lowest BCUT2D eigenvalue weighted by atomic mass is 10.0. The molecule has 3 atom stereocenters. The number of amides is 3. The number of carbonyl (C=O) groups excluding carboxylic acids is 3. The maximum absolute atomic E-state index is 13.2. The fraction of sp³-hybridized carbons (Fsp3) is 0.727. The number of hydrogen-bond acceptors (Lipinski definition) is 3. The van der Waals surface area contributed by atoms with Crippen LogP contribution in [0.1, 0.15) is 151 Å². The molecule has 6 nitrogen and oxygen atoms in total. The average Bonchev–Trinajstić information content (AvgIpc) is 2.82. The summed E-state index contributed by atoms with van der Waals surface area (Å²) in [6.07, 6.45) is 9.13. The molecule has 0 aliphatic carbocycles. The molecule has 39 heavy (non-hydrogen) atoms. The van der Waals surface area contributed by atoms with Crippen LogP contribution in [0, 0.1) is 17.8 Å². The van der Waals surface area contributed by atoms with Crippen LogP contribution in [0.3, 0.4) is 0 Å². The van der Waals surface area contributed by atoms with Crippen molar-refractivity contribution in [1.29, 1.82) is 0 Å². The molecule has 6 heteroatoms. The zero-order valence-electron chi connectivity index (χ0n) is 26.3. The summed E-state index contributed by atoms with van der Waals surface area (Å²) in [5, 5.41) is 9.17. The highest BCUT2D eigenvalue weighted by atomic mass is 16.2. The molecule has 1 aromatic carbocycles. The van der Waals surface area contributed by atoms with E-state index in [-0.39, 0.29) is 35.8 Å². The molecule has 0 heterocycles. The van der Waals surface area contributed by atoms with Gasteiger partial charge in [-0.1, -0.05) is 80.1 Å². The highest BCUT2D eigenvalue weighted by Crippen LogP contribution is 2.16. The molecule has 222 valence electrons. The summed E-state index contributed by atoms with van der Waals surface area (Å²) in [5.74, 6) is 1.11. The lowest BCUT2D eigenvalue weighted by Crippen LogP contribution is -2.36. The molecule has 1 aromatic rings. The van der Waals surface area contributed by atoms with Crippen molar-refractivity contribution in [3.05, 3.63) is 34.9 Å². The molecule has 3 amide bonds. The summed E-state index contributed by atoms with van der Waals surface area (Å²) in [5.41, 5.74) is 1.01. The Morgan fingerprint density at radius 2 is 0.692 bits per heavy atom. The van der Waals surface area contributed by atoms with Crippen molar-refractivity contribution >= 4 is 17.7 Å². The Morgan fingerprint density at radius 3 is 0.897 bits per heavy atom. The normalized spacial score (nSPS) is 13.8. The van der Waals surface area contributed by atoms with Crippen LogP contribution < -0.4 is 16.0 Å². The molecule has 3 N–H and O–H groups in total. The minimum atomic E-state index is -0.259. The third-order valence-electron chi connectivity index (χ3n) is 7.11. The smallest absolute Gasteiger partial charge is 0.251 e. The van der Waals surface area contributed by atoms with E-state index in [2.05, 4.69) is 57.5 Å². The molecule has 0 spiro atoms. The summed E-state index contributed by atoms with van der Waals surface area (Å²) in [4.78, 5) is 39.5. The largest absolute Gasteiger partial charge is 0.350 e. The Kier molecular flexibility index (Phi) is 16.1. The minimum absolute atomic E-state index is 0.00738. The summed E-state index contributed by atoms with van der Waals surface area (Å²) < 4.78 is 0. The van der Waals surface area contributed by atoms with Crippen LogP contribution in [-0.2, 0) is 0 Å². The Hall–Kier alpha value is -2.37. The minimum Gasteiger partial charge on any atom is -0.350 e. The van der Waals surface area contributed by atoms with Gasteiger partial charge < -0.3 is 16.0 Å². The van der Waals surface area contributed by atoms with Gasteiger partial charge in [-0.05, 0) is 76.0 Å². The molecule has 3 unspecified atom stereocenters. The van der Waals surface area contributed by atoms with E-state index in [0.717, 1.165) is 57.8 Å². The summed E-state index contributed by atoms with van der Waals surface area (Å²) in [6.45, 7) is 19.2. The van der Waals surface area contributed by atoms with E-state index in [1.165, 1.54) is 0 Å². The number of hydrogen-bond donors (Lipinski definition) is 3. The van der Waals surface area contributed by atoms with Crippen LogP contribution in [-0.4, -0.2) is 35.8 Å². The molecular formula is C33H57N3O3. The Balaban J connectivity index is 3.05. The molecule has 0 radical (unpaired) electrons. The first-order valence-corrected chi connectivity index (χ1v) is 15.4. The van der Waals surface area contributed by atoms with Crippen LogP contribution in [0.5, 0.6) is 0 Å². The van der Waals surface area contributed by atoms with Crippen LogP contribution >= 0.6 is 0 Å². The maximum atomic E-state index is 13.2. The van der Waals surface area contributed by atoms with Gasteiger partial charge in [-0.25, -0.2) is 0 Å². The third-order valence-corrected chi connectivity index (χ3v) is 7.11. The molecule has 0 aliphatic heterocycles. The van der Waals surface area contributed by atoms with Gasteiger partial charge in [-0.15, -0.1) is 0 Å². The van der Waals surface area contributed by atoms with Gasteiger partial charge in [-0.3, -0.25) is 14.4 Å². The Morgan fingerprint density at radius 1 is 0.462 bits per heavy atom. The summed E-state index contributed by atoms with van der Waals surface area (Å²) >= 11 is 0. The SMILES string of the molecule is CC(C)CCCC(C)NC(=O)c1cc(C(=O)NC(C)CCCC(C)C)cc(C(=O)NC(C)CCCC(C)C)c1. The highest BCUT2D eigenvalue weighted by Gasteiger charge is 2.20. The standard InChI is InChI=1S/C33H57N3O3/c1-22(2)13-10-16-25(7)34-31(37)28-19-29(32(38)35-26(8)17-11-14-23(3)4)21-30(20-28)33(39)36-27(9)18-12-15-24(5)6/h19-27H,10-18H2,1-9H3,(H,34,37)(H,35,38)(H,36,39). The van der Waals surface area contributed by atoms with Crippen molar-refractivity contribution in [1.82, 2.24) is 16.0 Å². The third kappa shape index (κ3) is 15.1. The average molecular weight is 544 g/mol. The second-order valence-corrected chi connectivity index (χ2v) is 12.9. The first kappa shape index (κ1) is 34.7. The van der Waals surface area contributed by atoms with Gasteiger partial charge in [-0.2, -0.15) is 0 Å². The molecule has 1 rings (SSSR count). The van der Waals surface area contributed by atoms with Crippen LogP contribution in [0.4, 0.5) is 0 Å². The van der Waals surface area contributed by atoms with Gasteiger partial charge in [0.15, 0.2) is 0 Å². The number of rotatable bonds is 18. The Labute approximate surface area is 238 Å². The monoisotopic (exact) mass is 543 g/mol. The zero-order valence-corrected chi connectivity index (χ0v) is 26.3. The number of benzene rings is 1.